The first-order valence-corrected chi connectivity index (χ1v) is 4.86. The Balaban J connectivity index is -0.000000270. The molecule has 0 aliphatic heterocycles. The molecule has 0 radical (unpaired) electrons. The molecule has 1 aliphatic carbocycles. The smallest absolute Gasteiger partial charge is 0.147 e. The predicted molar refractivity (Wildman–Crippen MR) is 58.7 cm³/mol. The van der Waals surface area contributed by atoms with Gasteiger partial charge in [-0.1, -0.05) is 0 Å². The maximum absolute atomic E-state index is 2.30. The molecule has 0 nitrogen and oxygen atoms in total. The van der Waals surface area contributed by atoms with Gasteiger partial charge in [-0.15, -0.1) is 37.2 Å². The van der Waals surface area contributed by atoms with Crippen molar-refractivity contribution in [1.82, 2.24) is 0 Å². The Bertz CT molecular complexity index is 152. The van der Waals surface area contributed by atoms with Gasteiger partial charge in [0.15, 0.2) is 0 Å². The average Bonchev–Trinajstić information content (AvgIpc) is 2.15. The summed E-state index contributed by atoms with van der Waals surface area (Å²) in [5.41, 5.74) is 0. The third-order valence-corrected chi connectivity index (χ3v) is 3.02. The van der Waals surface area contributed by atoms with Crippen molar-refractivity contribution < 1.29 is 16.3 Å². The summed E-state index contributed by atoms with van der Waals surface area (Å²) in [4.78, 5) is 0. The van der Waals surface area contributed by atoms with Crippen LogP contribution in [0.2, 0.25) is 4.63 Å². The van der Waals surface area contributed by atoms with Crippen molar-refractivity contribution in [3.63, 3.8) is 0 Å². The quantitative estimate of drug-likeness (QED) is 0.710. The second-order valence-electron chi connectivity index (χ2n) is 2.51. The molecule has 0 bridgehead atoms. The van der Waals surface area contributed by atoms with Crippen LogP contribution in [0.5, 0.6) is 0 Å². The van der Waals surface area contributed by atoms with E-state index in [4.69, 9.17) is 0 Å². The van der Waals surface area contributed by atoms with Crippen LogP contribution in [0.1, 0.15) is 20.3 Å². The second kappa shape index (κ2) is 10.0. The van der Waals surface area contributed by atoms with Gasteiger partial charge in [0.2, 0.25) is 0 Å². The number of halogens is 3. The zero-order valence-corrected chi connectivity index (χ0v) is 11.0. The van der Waals surface area contributed by atoms with E-state index in [1.165, 1.54) is 6.42 Å². The van der Waals surface area contributed by atoms with E-state index >= 15 is 0 Å². The van der Waals surface area contributed by atoms with Crippen molar-refractivity contribution in [1.29, 1.82) is 0 Å². The Morgan fingerprint density at radius 3 is 2.17 bits per heavy atom. The van der Waals surface area contributed by atoms with E-state index in [2.05, 4.69) is 32.1 Å². The van der Waals surface area contributed by atoms with Crippen LogP contribution in [-0.2, 0) is 16.3 Å². The number of hydrogen-bond acceptors (Lipinski definition) is 0. The molecule has 0 saturated carbocycles. The molecule has 0 spiro atoms. The Labute approximate surface area is 101 Å². The minimum absolute atomic E-state index is 0. The first-order chi connectivity index (χ1) is 4.29. The number of hydrogen-bond donors (Lipinski definition) is 0. The van der Waals surface area contributed by atoms with Gasteiger partial charge < -0.3 is 0 Å². The van der Waals surface area contributed by atoms with Crippen LogP contribution in [0.25, 0.3) is 0 Å². The fourth-order valence-corrected chi connectivity index (χ4v) is 2.50. The Kier molecular flexibility index (Phi) is 15.6. The van der Waals surface area contributed by atoms with Gasteiger partial charge in [0.05, 0.1) is 0 Å². The van der Waals surface area contributed by atoms with Crippen molar-refractivity contribution in [2.45, 2.75) is 24.9 Å². The average molecular weight is 269 g/mol. The summed E-state index contributed by atoms with van der Waals surface area (Å²) in [6.07, 6.45) is 7.93. The topological polar surface area (TPSA) is 0 Å². The summed E-state index contributed by atoms with van der Waals surface area (Å²) in [5, 5.41) is 0. The Morgan fingerprint density at radius 2 is 1.83 bits per heavy atom. The number of rotatable bonds is 2. The molecule has 12 heavy (non-hydrogen) atoms. The third kappa shape index (κ3) is 7.58. The van der Waals surface area contributed by atoms with Gasteiger partial charge in [-0.25, -0.2) is 0 Å². The molecule has 0 unspecified atom stereocenters. The van der Waals surface area contributed by atoms with Crippen LogP contribution in [-0.4, -0.2) is 0 Å². The third-order valence-electron chi connectivity index (χ3n) is 1.18. The van der Waals surface area contributed by atoms with Gasteiger partial charge in [-0.2, -0.15) is 0 Å². The molecule has 0 saturated heterocycles. The van der Waals surface area contributed by atoms with Crippen LogP contribution in [0.15, 0.2) is 22.5 Å². The molecule has 0 fully saturated rings. The maximum Gasteiger partial charge on any atom is -0.147 e. The van der Waals surface area contributed by atoms with Crippen molar-refractivity contribution in [2.75, 3.05) is 0 Å². The van der Waals surface area contributed by atoms with Gasteiger partial charge in [-0.05, 0) is 0 Å². The summed E-state index contributed by atoms with van der Waals surface area (Å²) in [6, 6.07) is 0. The SMILES string of the molecule is C[CH](C)[V][C]1=CC=CC1.Cl.Cl.Cl. The van der Waals surface area contributed by atoms with Gasteiger partial charge in [0, 0.05) is 0 Å². The van der Waals surface area contributed by atoms with E-state index in [-0.39, 0.29) is 37.2 Å². The summed E-state index contributed by atoms with van der Waals surface area (Å²) in [6.45, 7) is 4.61. The van der Waals surface area contributed by atoms with Crippen molar-refractivity contribution in [2.24, 2.45) is 0 Å². The van der Waals surface area contributed by atoms with Crippen LogP contribution in [0.4, 0.5) is 0 Å². The first kappa shape index (κ1) is 18.7. The van der Waals surface area contributed by atoms with E-state index < -0.39 is 0 Å². The minimum atomic E-state index is 0. The molecular weight excluding hydrogens is 253 g/mol. The van der Waals surface area contributed by atoms with Gasteiger partial charge in [-0.3, -0.25) is 0 Å². The molecule has 0 heterocycles. The molecule has 1 aliphatic rings. The van der Waals surface area contributed by atoms with Crippen LogP contribution in [0.3, 0.4) is 0 Å². The summed E-state index contributed by atoms with van der Waals surface area (Å²) in [7, 11) is 0. The van der Waals surface area contributed by atoms with Crippen molar-refractivity contribution in [3.05, 3.63) is 22.5 Å². The molecule has 0 N–H and O–H groups in total. The molecule has 0 atom stereocenters. The second-order valence-corrected chi connectivity index (χ2v) is 5.43. The van der Waals surface area contributed by atoms with Crippen molar-refractivity contribution in [3.8, 4) is 0 Å². The van der Waals surface area contributed by atoms with Gasteiger partial charge in [0.25, 0.3) is 0 Å². The van der Waals surface area contributed by atoms with E-state index in [1.807, 2.05) is 0 Å². The molecule has 0 aromatic carbocycles. The van der Waals surface area contributed by atoms with E-state index in [0.29, 0.717) is 16.3 Å². The van der Waals surface area contributed by atoms with Crippen molar-refractivity contribution >= 4 is 37.2 Å². The fraction of sp³-hybridized carbons (Fsp3) is 0.500. The van der Waals surface area contributed by atoms with Gasteiger partial charge >= 0.3 is 63.7 Å². The van der Waals surface area contributed by atoms with E-state index in [0.717, 1.165) is 4.63 Å². The fourth-order valence-electron chi connectivity index (χ4n) is 0.863. The zero-order chi connectivity index (χ0) is 6.69. The molecule has 73 valence electrons. The van der Waals surface area contributed by atoms with E-state index in [1.54, 1.807) is 4.28 Å². The summed E-state index contributed by atoms with van der Waals surface area (Å²) >= 11 is 0.495. The van der Waals surface area contributed by atoms with E-state index in [9.17, 15) is 0 Å². The molecule has 4 heteroatoms. The predicted octanol–water partition coefficient (Wildman–Crippen LogP) is 4.01. The Morgan fingerprint density at radius 1 is 1.25 bits per heavy atom. The zero-order valence-electron chi connectivity index (χ0n) is 7.19. The minimum Gasteiger partial charge on any atom is -0.147 e. The molecular formula is C8H15Cl3V. The molecule has 0 amide bonds. The Hall–Kier alpha value is 0.934. The first-order valence-electron chi connectivity index (χ1n) is 3.35. The standard InChI is InChI=1S/C5H5.C3H7.3ClH.V/c1-2-4-5-3-1;1-3-2;;;;/h1-3H,4H2;3H,1-2H3;3*1H;. The molecule has 0 aromatic heterocycles. The van der Waals surface area contributed by atoms with Crippen LogP contribution < -0.4 is 0 Å². The summed E-state index contributed by atoms with van der Waals surface area (Å²) < 4.78 is 2.59. The maximum atomic E-state index is 2.30. The largest absolute Gasteiger partial charge is 0.147 e. The van der Waals surface area contributed by atoms with Crippen LogP contribution >= 0.6 is 37.2 Å². The normalized spacial score (nSPS) is 12.4. The monoisotopic (exact) mass is 267 g/mol. The molecule has 0 aromatic rings. The molecule has 1 rings (SSSR count). The van der Waals surface area contributed by atoms with Gasteiger partial charge in [0.1, 0.15) is 0 Å². The number of allylic oxidation sites excluding steroid dienone is 4. The summed E-state index contributed by atoms with van der Waals surface area (Å²) in [5.74, 6) is 0. The van der Waals surface area contributed by atoms with Crippen LogP contribution in [0, 0.1) is 0 Å².